The molecule has 4 aromatic rings. The summed E-state index contributed by atoms with van der Waals surface area (Å²) in [6.45, 7) is 9.19. The van der Waals surface area contributed by atoms with Gasteiger partial charge in [0.05, 0.1) is 37.8 Å². The molecular formula is C49H60N4O6. The number of carbonyl (C=O) groups excluding carboxylic acids is 3. The Balaban J connectivity index is 0.000000180. The summed E-state index contributed by atoms with van der Waals surface area (Å²) in [6, 6.07) is 40.9. The van der Waals surface area contributed by atoms with Gasteiger partial charge in [-0.25, -0.2) is 0 Å². The molecule has 4 heterocycles. The molecule has 2 spiro atoms. The number of para-hydroxylation sites is 2. The lowest BCUT2D eigenvalue weighted by molar-refractivity contribution is -0.172. The zero-order valence-corrected chi connectivity index (χ0v) is 34.8. The van der Waals surface area contributed by atoms with Crippen LogP contribution < -0.4 is 9.80 Å². The van der Waals surface area contributed by atoms with E-state index >= 15 is 0 Å². The second-order valence-corrected chi connectivity index (χ2v) is 16.4. The lowest BCUT2D eigenvalue weighted by Crippen LogP contribution is -2.62. The zero-order chi connectivity index (χ0) is 41.1. The second kappa shape index (κ2) is 19.9. The Morgan fingerprint density at radius 2 is 0.966 bits per heavy atom. The van der Waals surface area contributed by atoms with Crippen LogP contribution in [0.4, 0.5) is 11.4 Å². The van der Waals surface area contributed by atoms with Crippen molar-refractivity contribution < 1.29 is 28.6 Å². The maximum absolute atomic E-state index is 13.1. The van der Waals surface area contributed by atoms with Crippen molar-refractivity contribution in [1.82, 2.24) is 9.80 Å². The molecule has 0 aromatic heterocycles. The van der Waals surface area contributed by atoms with Gasteiger partial charge in [0, 0.05) is 50.6 Å². The first-order chi connectivity index (χ1) is 28.8. The Kier molecular flexibility index (Phi) is 14.3. The number of hydrogen-bond acceptors (Lipinski definition) is 8. The SMILES string of the molecule is CCC1OC2(CCN(CCc3ccccc3)CC2)CN(c2ccccc2)C1=O.COC(=O)CC1OC2(CCN(CCc3ccccc3)CC2)CN(c2ccccc2)C1=O. The van der Waals surface area contributed by atoms with E-state index in [0.717, 1.165) is 95.6 Å². The number of ether oxygens (including phenoxy) is 3. The lowest BCUT2D eigenvalue weighted by atomic mass is 9.87. The van der Waals surface area contributed by atoms with Gasteiger partial charge in [0.1, 0.15) is 12.2 Å². The summed E-state index contributed by atoms with van der Waals surface area (Å²) in [7, 11) is 1.34. The molecule has 0 saturated carbocycles. The number of carbonyl (C=O) groups is 3. The normalized spacial score (nSPS) is 21.9. The van der Waals surface area contributed by atoms with Gasteiger partial charge in [0.15, 0.2) is 0 Å². The molecule has 8 rings (SSSR count). The third-order valence-corrected chi connectivity index (χ3v) is 12.5. The molecule has 2 atom stereocenters. The highest BCUT2D eigenvalue weighted by molar-refractivity contribution is 5.99. The van der Waals surface area contributed by atoms with E-state index in [1.165, 1.54) is 18.2 Å². The van der Waals surface area contributed by atoms with Crippen LogP contribution in [-0.2, 0) is 41.4 Å². The topological polar surface area (TPSA) is 91.9 Å². The number of morpholine rings is 2. The first-order valence-corrected chi connectivity index (χ1v) is 21.5. The quantitative estimate of drug-likeness (QED) is 0.151. The summed E-state index contributed by atoms with van der Waals surface area (Å²) in [5.41, 5.74) is 3.91. The van der Waals surface area contributed by atoms with Crippen LogP contribution in [0.1, 0.15) is 56.6 Å². The van der Waals surface area contributed by atoms with E-state index in [2.05, 4.69) is 64.4 Å². The average Bonchev–Trinajstić information content (AvgIpc) is 3.29. The number of rotatable bonds is 11. The van der Waals surface area contributed by atoms with Crippen LogP contribution in [0.25, 0.3) is 0 Å². The summed E-state index contributed by atoms with van der Waals surface area (Å²) >= 11 is 0. The van der Waals surface area contributed by atoms with Gasteiger partial charge in [-0.15, -0.1) is 0 Å². The number of amides is 2. The number of likely N-dealkylation sites (tertiary alicyclic amines) is 2. The molecule has 59 heavy (non-hydrogen) atoms. The van der Waals surface area contributed by atoms with Crippen LogP contribution in [-0.4, -0.2) is 110 Å². The van der Waals surface area contributed by atoms with Crippen LogP contribution >= 0.6 is 0 Å². The number of piperidine rings is 2. The number of anilines is 2. The van der Waals surface area contributed by atoms with Crippen molar-refractivity contribution >= 4 is 29.2 Å². The van der Waals surface area contributed by atoms with Crippen LogP contribution in [0, 0.1) is 0 Å². The summed E-state index contributed by atoms with van der Waals surface area (Å²) in [6.07, 6.45) is 5.26. The summed E-state index contributed by atoms with van der Waals surface area (Å²) in [5.74, 6) is -0.497. The van der Waals surface area contributed by atoms with Gasteiger partial charge in [-0.1, -0.05) is 104 Å². The fourth-order valence-electron chi connectivity index (χ4n) is 8.92. The highest BCUT2D eigenvalue weighted by atomic mass is 16.5. The monoisotopic (exact) mass is 800 g/mol. The zero-order valence-electron chi connectivity index (χ0n) is 34.8. The highest BCUT2D eigenvalue weighted by Crippen LogP contribution is 2.37. The van der Waals surface area contributed by atoms with Gasteiger partial charge in [-0.3, -0.25) is 14.4 Å². The van der Waals surface area contributed by atoms with Gasteiger partial charge in [-0.05, 0) is 80.3 Å². The van der Waals surface area contributed by atoms with Crippen LogP contribution in [0.2, 0.25) is 0 Å². The summed E-state index contributed by atoms with van der Waals surface area (Å²) < 4.78 is 17.6. The molecule has 0 radical (unpaired) electrons. The van der Waals surface area contributed by atoms with Crippen LogP contribution in [0.15, 0.2) is 121 Å². The molecule has 4 fully saturated rings. The number of hydrogen-bond donors (Lipinski definition) is 0. The van der Waals surface area contributed by atoms with Crippen LogP contribution in [0.3, 0.4) is 0 Å². The van der Waals surface area contributed by atoms with Gasteiger partial charge in [0.25, 0.3) is 11.8 Å². The van der Waals surface area contributed by atoms with E-state index in [4.69, 9.17) is 14.2 Å². The Labute approximate surface area is 350 Å². The summed E-state index contributed by atoms with van der Waals surface area (Å²) in [4.78, 5) is 46.7. The fourth-order valence-corrected chi connectivity index (χ4v) is 8.92. The Morgan fingerprint density at radius 3 is 1.36 bits per heavy atom. The van der Waals surface area contributed by atoms with Gasteiger partial charge in [-0.2, -0.15) is 0 Å². The molecule has 10 heteroatoms. The average molecular weight is 801 g/mol. The molecule has 0 aliphatic carbocycles. The molecule has 0 N–H and O–H groups in total. The first kappa shape index (κ1) is 42.3. The van der Waals surface area contributed by atoms with Gasteiger partial charge < -0.3 is 33.8 Å². The molecule has 4 aliphatic heterocycles. The van der Waals surface area contributed by atoms with E-state index in [9.17, 15) is 14.4 Å². The van der Waals surface area contributed by atoms with E-state index in [0.29, 0.717) is 13.1 Å². The third kappa shape index (κ3) is 10.9. The minimum atomic E-state index is -0.808. The van der Waals surface area contributed by atoms with E-state index in [1.807, 2.05) is 78.6 Å². The molecule has 4 aromatic carbocycles. The molecule has 4 saturated heterocycles. The van der Waals surface area contributed by atoms with Crippen molar-refractivity contribution in [2.45, 2.75) is 81.7 Å². The van der Waals surface area contributed by atoms with Crippen molar-refractivity contribution in [3.05, 3.63) is 132 Å². The summed E-state index contributed by atoms with van der Waals surface area (Å²) in [5, 5.41) is 0. The fraction of sp³-hybridized carbons (Fsp3) is 0.449. The smallest absolute Gasteiger partial charge is 0.308 e. The lowest BCUT2D eigenvalue weighted by Gasteiger charge is -2.49. The third-order valence-electron chi connectivity index (χ3n) is 12.5. The van der Waals surface area contributed by atoms with Crippen molar-refractivity contribution in [2.24, 2.45) is 0 Å². The molecule has 2 amide bonds. The Bertz CT molecular complexity index is 1930. The van der Waals surface area contributed by atoms with E-state index in [1.54, 1.807) is 4.90 Å². The van der Waals surface area contributed by atoms with E-state index in [-0.39, 0.29) is 29.9 Å². The number of methoxy groups -OCH3 is 1. The largest absolute Gasteiger partial charge is 0.469 e. The van der Waals surface area contributed by atoms with Crippen LogP contribution in [0.5, 0.6) is 0 Å². The highest BCUT2D eigenvalue weighted by Gasteiger charge is 2.48. The van der Waals surface area contributed by atoms with Crippen molar-refractivity contribution in [3.8, 4) is 0 Å². The number of esters is 1. The minimum Gasteiger partial charge on any atom is -0.469 e. The molecule has 0 bridgehead atoms. The standard InChI is InChI=1S/C25H30N2O4.C24H30N2O2/c1-30-23(28)18-22-24(29)27(21-10-6-3-7-11-21)19-25(31-22)13-16-26(17-14-25)15-12-20-8-4-2-5-9-20;1-2-22-23(27)26(21-11-7-4-8-12-21)19-24(28-22)14-17-25(18-15-24)16-13-20-9-5-3-6-10-20/h2-11,22H,12-19H2,1H3;3-12,22H,2,13-19H2,1H3. The van der Waals surface area contributed by atoms with Crippen molar-refractivity contribution in [2.75, 3.05) is 69.3 Å². The second-order valence-electron chi connectivity index (χ2n) is 16.4. The van der Waals surface area contributed by atoms with Gasteiger partial charge >= 0.3 is 5.97 Å². The van der Waals surface area contributed by atoms with Gasteiger partial charge in [0.2, 0.25) is 0 Å². The molecule has 312 valence electrons. The molecule has 2 unspecified atom stereocenters. The maximum atomic E-state index is 13.1. The molecular weight excluding hydrogens is 741 g/mol. The minimum absolute atomic E-state index is 0.0574. The Morgan fingerprint density at radius 1 is 0.593 bits per heavy atom. The van der Waals surface area contributed by atoms with E-state index < -0.39 is 17.7 Å². The molecule has 10 nitrogen and oxygen atoms in total. The molecule has 4 aliphatic rings. The van der Waals surface area contributed by atoms with Crippen molar-refractivity contribution in [1.29, 1.82) is 0 Å². The predicted molar refractivity (Wildman–Crippen MR) is 231 cm³/mol. The van der Waals surface area contributed by atoms with Crippen molar-refractivity contribution in [3.63, 3.8) is 0 Å². The maximum Gasteiger partial charge on any atom is 0.308 e. The number of benzene rings is 4. The first-order valence-electron chi connectivity index (χ1n) is 21.5. The predicted octanol–water partition coefficient (Wildman–Crippen LogP) is 6.96. The Hall–Kier alpha value is -4.87. The number of nitrogens with zero attached hydrogens (tertiary/aromatic N) is 4.